The molecule has 0 radical (unpaired) electrons. The minimum atomic E-state index is -3.75. The molecule has 0 amide bonds. The fraction of sp³-hybridized carbons (Fsp3) is 0.368. The summed E-state index contributed by atoms with van der Waals surface area (Å²) in [5.74, 6) is 1.30. The number of nitrogens with zero attached hydrogens (tertiary/aromatic N) is 1. The normalized spacial score (nSPS) is 20.2. The number of rotatable bonds is 4. The molecule has 28 heavy (non-hydrogen) atoms. The Morgan fingerprint density at radius 1 is 0.893 bits per heavy atom. The highest BCUT2D eigenvalue weighted by Gasteiger charge is 2.36. The molecule has 9 heteroatoms. The maximum absolute atomic E-state index is 13.2. The van der Waals surface area contributed by atoms with Gasteiger partial charge >= 0.3 is 0 Å². The van der Waals surface area contributed by atoms with Gasteiger partial charge in [0, 0.05) is 12.8 Å². The molecule has 0 aliphatic carbocycles. The van der Waals surface area contributed by atoms with Crippen LogP contribution in [0.25, 0.3) is 0 Å². The van der Waals surface area contributed by atoms with E-state index in [4.69, 9.17) is 9.47 Å². The van der Waals surface area contributed by atoms with Gasteiger partial charge in [-0.2, -0.15) is 4.31 Å². The van der Waals surface area contributed by atoms with Crippen LogP contribution in [0.1, 0.15) is 24.4 Å². The highest BCUT2D eigenvalue weighted by atomic mass is 32.2. The zero-order valence-corrected chi connectivity index (χ0v) is 17.0. The molecule has 0 aromatic heterocycles. The van der Waals surface area contributed by atoms with E-state index in [2.05, 4.69) is 0 Å². The van der Waals surface area contributed by atoms with E-state index in [9.17, 15) is 16.8 Å². The molecular weight excluding hydrogens is 402 g/mol. The molecule has 1 saturated heterocycles. The lowest BCUT2D eigenvalue weighted by Gasteiger charge is -2.26. The number of hydrogen-bond acceptors (Lipinski definition) is 6. The monoisotopic (exact) mass is 423 g/mol. The van der Waals surface area contributed by atoms with E-state index in [0.717, 1.165) is 18.2 Å². The second-order valence-corrected chi connectivity index (χ2v) is 10.8. The molecule has 1 atom stereocenters. The average Bonchev–Trinajstić information content (AvgIpc) is 3.18. The van der Waals surface area contributed by atoms with Gasteiger partial charge in [0.2, 0.25) is 10.0 Å². The molecule has 0 bridgehead atoms. The average molecular weight is 424 g/mol. The van der Waals surface area contributed by atoms with Crippen LogP contribution in [0.4, 0.5) is 0 Å². The summed E-state index contributed by atoms with van der Waals surface area (Å²) in [5, 5.41) is 0. The fourth-order valence-electron chi connectivity index (χ4n) is 3.62. The molecule has 2 aromatic rings. The molecule has 2 aromatic carbocycles. The maximum Gasteiger partial charge on any atom is 0.243 e. The van der Waals surface area contributed by atoms with Gasteiger partial charge in [-0.05, 0) is 54.8 Å². The van der Waals surface area contributed by atoms with Crippen LogP contribution in [0.5, 0.6) is 11.5 Å². The van der Waals surface area contributed by atoms with E-state index < -0.39 is 19.9 Å². The molecule has 2 heterocycles. The highest BCUT2D eigenvalue weighted by molar-refractivity contribution is 7.90. The van der Waals surface area contributed by atoms with E-state index in [1.807, 2.05) is 18.2 Å². The van der Waals surface area contributed by atoms with Crippen molar-refractivity contribution in [2.75, 3.05) is 26.0 Å². The molecule has 150 valence electrons. The minimum Gasteiger partial charge on any atom is -0.486 e. The van der Waals surface area contributed by atoms with Gasteiger partial charge in [-0.1, -0.05) is 6.07 Å². The van der Waals surface area contributed by atoms with Crippen LogP contribution < -0.4 is 9.47 Å². The van der Waals surface area contributed by atoms with Gasteiger partial charge in [0.1, 0.15) is 13.2 Å². The summed E-state index contributed by atoms with van der Waals surface area (Å²) >= 11 is 0. The summed E-state index contributed by atoms with van der Waals surface area (Å²) in [5.41, 5.74) is 0.859. The Morgan fingerprint density at radius 3 is 2.21 bits per heavy atom. The van der Waals surface area contributed by atoms with Crippen LogP contribution in [0.3, 0.4) is 0 Å². The van der Waals surface area contributed by atoms with Crippen LogP contribution in [0, 0.1) is 0 Å². The van der Waals surface area contributed by atoms with Gasteiger partial charge in [-0.3, -0.25) is 0 Å². The van der Waals surface area contributed by atoms with Crippen molar-refractivity contribution in [2.24, 2.45) is 0 Å². The molecule has 2 aliphatic heterocycles. The van der Waals surface area contributed by atoms with Gasteiger partial charge in [-0.25, -0.2) is 16.8 Å². The highest BCUT2D eigenvalue weighted by Crippen LogP contribution is 2.40. The van der Waals surface area contributed by atoms with Crippen LogP contribution in [0.2, 0.25) is 0 Å². The van der Waals surface area contributed by atoms with E-state index in [1.54, 1.807) is 0 Å². The lowest BCUT2D eigenvalue weighted by atomic mass is 10.0. The third-order valence-electron chi connectivity index (χ3n) is 5.01. The first-order chi connectivity index (χ1) is 13.3. The number of sulfone groups is 1. The number of hydrogen-bond donors (Lipinski definition) is 0. The SMILES string of the molecule is CS(=O)(=O)c1ccc(S(=O)(=O)N2CCC[C@@H]2c2ccc3c(c2)OCCO3)cc1. The molecule has 7 nitrogen and oxygen atoms in total. The molecule has 4 rings (SSSR count). The van der Waals surface area contributed by atoms with E-state index in [-0.39, 0.29) is 15.8 Å². The number of ether oxygens (including phenoxy) is 2. The van der Waals surface area contributed by atoms with Crippen molar-refractivity contribution in [3.8, 4) is 11.5 Å². The molecule has 0 saturated carbocycles. The number of fused-ring (bicyclic) bond motifs is 1. The Labute approximate surface area is 164 Å². The first kappa shape index (κ1) is 19.2. The standard InChI is InChI=1S/C19H21NO6S2/c1-27(21,22)15-5-7-16(8-6-15)28(23,24)20-10-2-3-17(20)14-4-9-18-19(13-14)26-12-11-25-18/h4-9,13,17H,2-3,10-12H2,1H3/t17-/m1/s1. The molecule has 1 fully saturated rings. The Bertz CT molecular complexity index is 1090. The van der Waals surface area contributed by atoms with E-state index in [1.165, 1.54) is 28.6 Å². The van der Waals surface area contributed by atoms with E-state index in [0.29, 0.717) is 37.7 Å². The van der Waals surface area contributed by atoms with Crippen molar-refractivity contribution in [1.29, 1.82) is 0 Å². The first-order valence-electron chi connectivity index (χ1n) is 8.98. The van der Waals surface area contributed by atoms with Crippen LogP contribution in [-0.2, 0) is 19.9 Å². The third-order valence-corrected chi connectivity index (χ3v) is 8.06. The quantitative estimate of drug-likeness (QED) is 0.750. The third kappa shape index (κ3) is 3.49. The van der Waals surface area contributed by atoms with Crippen molar-refractivity contribution < 1.29 is 26.3 Å². The van der Waals surface area contributed by atoms with Crippen LogP contribution in [0.15, 0.2) is 52.3 Å². The number of sulfonamides is 1. The van der Waals surface area contributed by atoms with Gasteiger partial charge in [0.05, 0.1) is 15.8 Å². The molecule has 0 N–H and O–H groups in total. The first-order valence-corrected chi connectivity index (χ1v) is 12.3. The summed E-state index contributed by atoms with van der Waals surface area (Å²) in [4.78, 5) is 0.181. The predicted molar refractivity (Wildman–Crippen MR) is 103 cm³/mol. The zero-order chi connectivity index (χ0) is 19.9. The summed E-state index contributed by atoms with van der Waals surface area (Å²) < 4.78 is 62.3. The topological polar surface area (TPSA) is 90.0 Å². The minimum absolute atomic E-state index is 0.0874. The van der Waals surface area contributed by atoms with E-state index >= 15 is 0 Å². The number of benzene rings is 2. The summed E-state index contributed by atoms with van der Waals surface area (Å²) in [6.45, 7) is 1.38. The summed E-state index contributed by atoms with van der Waals surface area (Å²) in [6, 6.07) is 10.6. The smallest absolute Gasteiger partial charge is 0.243 e. The van der Waals surface area contributed by atoms with Crippen molar-refractivity contribution in [3.63, 3.8) is 0 Å². The molecule has 0 unspecified atom stereocenters. The Balaban J connectivity index is 1.65. The Morgan fingerprint density at radius 2 is 1.54 bits per heavy atom. The fourth-order valence-corrected chi connectivity index (χ4v) is 5.94. The Hall–Kier alpha value is -2.10. The van der Waals surface area contributed by atoms with Crippen molar-refractivity contribution in [2.45, 2.75) is 28.7 Å². The summed E-state index contributed by atoms with van der Waals surface area (Å²) in [6.07, 6.45) is 2.55. The summed E-state index contributed by atoms with van der Waals surface area (Å²) in [7, 11) is -7.13. The van der Waals surface area contributed by atoms with Crippen molar-refractivity contribution >= 4 is 19.9 Å². The second-order valence-electron chi connectivity index (χ2n) is 6.92. The van der Waals surface area contributed by atoms with Crippen LogP contribution in [-0.4, -0.2) is 47.2 Å². The zero-order valence-electron chi connectivity index (χ0n) is 15.4. The second kappa shape index (κ2) is 7.06. The Kier molecular flexibility index (Phi) is 4.84. The molecule has 2 aliphatic rings. The van der Waals surface area contributed by atoms with Gasteiger partial charge in [-0.15, -0.1) is 0 Å². The van der Waals surface area contributed by atoms with Crippen molar-refractivity contribution in [1.82, 2.24) is 4.31 Å². The van der Waals surface area contributed by atoms with Crippen molar-refractivity contribution in [3.05, 3.63) is 48.0 Å². The molecular formula is C19H21NO6S2. The van der Waals surface area contributed by atoms with Gasteiger partial charge in [0.15, 0.2) is 21.3 Å². The van der Waals surface area contributed by atoms with Crippen LogP contribution >= 0.6 is 0 Å². The van der Waals surface area contributed by atoms with Gasteiger partial charge in [0.25, 0.3) is 0 Å². The maximum atomic E-state index is 13.2. The lowest BCUT2D eigenvalue weighted by molar-refractivity contribution is 0.171. The molecule has 0 spiro atoms. The predicted octanol–water partition coefficient (Wildman–Crippen LogP) is 2.39. The lowest BCUT2D eigenvalue weighted by Crippen LogP contribution is -2.30. The largest absolute Gasteiger partial charge is 0.486 e. The van der Waals surface area contributed by atoms with Gasteiger partial charge < -0.3 is 9.47 Å².